The molecule has 1 aliphatic heterocycles. The van der Waals surface area contributed by atoms with Crippen LogP contribution >= 0.6 is 12.2 Å². The van der Waals surface area contributed by atoms with Gasteiger partial charge in [0.2, 0.25) is 0 Å². The van der Waals surface area contributed by atoms with Gasteiger partial charge in [-0.1, -0.05) is 24.3 Å². The lowest BCUT2D eigenvalue weighted by molar-refractivity contribution is -0.122. The first kappa shape index (κ1) is 18.8. The van der Waals surface area contributed by atoms with Crippen LogP contribution in [0.5, 0.6) is 0 Å². The third-order valence-electron chi connectivity index (χ3n) is 4.62. The number of nitrogens with zero attached hydrogens (tertiary/aromatic N) is 2. The van der Waals surface area contributed by atoms with Gasteiger partial charge in [0.15, 0.2) is 5.11 Å². The van der Waals surface area contributed by atoms with Crippen molar-refractivity contribution in [3.63, 3.8) is 0 Å². The second-order valence-electron chi connectivity index (χ2n) is 6.53. The number of hydrogen-bond donors (Lipinski definition) is 1. The minimum atomic E-state index is -0.609. The van der Waals surface area contributed by atoms with Gasteiger partial charge in [0.25, 0.3) is 11.8 Å². The molecule has 4 rings (SSSR count). The summed E-state index contributed by atoms with van der Waals surface area (Å²) >= 11 is 5.15. The number of hydrogen-bond acceptors (Lipinski definition) is 3. The maximum Gasteiger partial charge on any atom is 0.270 e. The molecule has 0 aliphatic carbocycles. The Morgan fingerprint density at radius 3 is 2.59 bits per heavy atom. The van der Waals surface area contributed by atoms with Gasteiger partial charge in [-0.3, -0.25) is 19.8 Å². The monoisotopic (exact) mass is 405 g/mol. The summed E-state index contributed by atoms with van der Waals surface area (Å²) in [6, 6.07) is 16.9. The molecule has 3 aromatic rings. The Morgan fingerprint density at radius 1 is 1.03 bits per heavy atom. The zero-order chi connectivity index (χ0) is 20.5. The van der Waals surface area contributed by atoms with Gasteiger partial charge in [-0.2, -0.15) is 0 Å². The summed E-state index contributed by atoms with van der Waals surface area (Å²) in [6.45, 7) is 1.98. The molecule has 2 heterocycles. The lowest BCUT2D eigenvalue weighted by Crippen LogP contribution is -2.54. The van der Waals surface area contributed by atoms with Gasteiger partial charge in [-0.15, -0.1) is 0 Å². The van der Waals surface area contributed by atoms with Gasteiger partial charge in [0, 0.05) is 17.6 Å². The van der Waals surface area contributed by atoms with Crippen molar-refractivity contribution in [2.45, 2.75) is 6.92 Å². The topological polar surface area (TPSA) is 54.3 Å². The Balaban J connectivity index is 1.77. The molecule has 1 N–H and O–H groups in total. The number of nitrogens with one attached hydrogen (secondary N) is 1. The van der Waals surface area contributed by atoms with E-state index in [4.69, 9.17) is 12.2 Å². The maximum absolute atomic E-state index is 13.6. The normalized spacial score (nSPS) is 15.7. The highest BCUT2D eigenvalue weighted by atomic mass is 32.1. The Kier molecular flexibility index (Phi) is 4.82. The van der Waals surface area contributed by atoms with Crippen LogP contribution in [-0.4, -0.2) is 21.5 Å². The Morgan fingerprint density at radius 2 is 1.83 bits per heavy atom. The molecular weight excluding hydrogens is 389 g/mol. The lowest BCUT2D eigenvalue weighted by atomic mass is 10.1. The Bertz CT molecular complexity index is 1180. The molecule has 2 aromatic carbocycles. The van der Waals surface area contributed by atoms with E-state index in [1.165, 1.54) is 24.3 Å². The number of amides is 2. The summed E-state index contributed by atoms with van der Waals surface area (Å²) in [7, 11) is 0. The predicted molar refractivity (Wildman–Crippen MR) is 113 cm³/mol. The van der Waals surface area contributed by atoms with Crippen LogP contribution in [0, 0.1) is 12.7 Å². The van der Waals surface area contributed by atoms with Crippen molar-refractivity contribution in [1.82, 2.24) is 9.88 Å². The van der Waals surface area contributed by atoms with Gasteiger partial charge in [0.1, 0.15) is 11.4 Å². The van der Waals surface area contributed by atoms with E-state index in [2.05, 4.69) is 5.32 Å². The number of aryl methyl sites for hydroxylation is 1. The van der Waals surface area contributed by atoms with Crippen molar-refractivity contribution in [2.75, 3.05) is 4.90 Å². The van der Waals surface area contributed by atoms with Crippen molar-refractivity contribution in [1.29, 1.82) is 0 Å². The van der Waals surface area contributed by atoms with Crippen LogP contribution in [0.15, 0.2) is 72.4 Å². The number of rotatable bonds is 3. The number of aromatic nitrogens is 1. The van der Waals surface area contributed by atoms with Crippen molar-refractivity contribution in [3.8, 4) is 5.69 Å². The highest BCUT2D eigenvalue weighted by Crippen LogP contribution is 2.24. The number of thiocarbonyl (C=S) groups is 1. The minimum absolute atomic E-state index is 0.0861. The van der Waals surface area contributed by atoms with E-state index in [1.807, 2.05) is 48.0 Å². The third kappa shape index (κ3) is 3.48. The first-order chi connectivity index (χ1) is 14.0. The largest absolute Gasteiger partial charge is 0.317 e. The molecule has 0 atom stereocenters. The molecule has 1 aliphatic rings. The van der Waals surface area contributed by atoms with E-state index in [-0.39, 0.29) is 16.4 Å². The van der Waals surface area contributed by atoms with Gasteiger partial charge >= 0.3 is 0 Å². The van der Waals surface area contributed by atoms with Crippen molar-refractivity contribution < 1.29 is 14.0 Å². The number of anilines is 1. The summed E-state index contributed by atoms with van der Waals surface area (Å²) in [6.07, 6.45) is 3.37. The number of para-hydroxylation sites is 1. The first-order valence-electron chi connectivity index (χ1n) is 8.86. The SMILES string of the molecule is Cc1ccccc1-n1cccc1/C=C1\C(=O)NC(=S)N(c2cccc(F)c2)C1=O. The van der Waals surface area contributed by atoms with Crippen molar-refractivity contribution in [2.24, 2.45) is 0 Å². The molecular formula is C22H16FN3O2S. The molecule has 0 saturated carbocycles. The van der Waals surface area contributed by atoms with E-state index in [0.717, 1.165) is 16.2 Å². The van der Waals surface area contributed by atoms with Crippen molar-refractivity contribution >= 4 is 40.9 Å². The molecule has 5 nitrogen and oxygen atoms in total. The zero-order valence-electron chi connectivity index (χ0n) is 15.4. The third-order valence-corrected chi connectivity index (χ3v) is 4.90. The van der Waals surface area contributed by atoms with E-state index in [0.29, 0.717) is 5.69 Å². The summed E-state index contributed by atoms with van der Waals surface area (Å²) < 4.78 is 15.5. The van der Waals surface area contributed by atoms with Crippen LogP contribution < -0.4 is 10.2 Å². The minimum Gasteiger partial charge on any atom is -0.317 e. The fourth-order valence-corrected chi connectivity index (χ4v) is 3.50. The molecule has 0 unspecified atom stereocenters. The summed E-state index contributed by atoms with van der Waals surface area (Å²) in [5.74, 6) is -1.71. The van der Waals surface area contributed by atoms with E-state index in [1.54, 1.807) is 12.1 Å². The Hall–Kier alpha value is -3.58. The molecule has 1 aromatic heterocycles. The van der Waals surface area contributed by atoms with Gasteiger partial charge in [-0.25, -0.2) is 4.39 Å². The fourth-order valence-electron chi connectivity index (χ4n) is 3.22. The molecule has 1 fully saturated rings. The van der Waals surface area contributed by atoms with E-state index in [9.17, 15) is 14.0 Å². The van der Waals surface area contributed by atoms with Crippen LogP contribution in [0.2, 0.25) is 0 Å². The number of halogens is 1. The van der Waals surface area contributed by atoms with Gasteiger partial charge < -0.3 is 4.57 Å². The summed E-state index contributed by atoms with van der Waals surface area (Å²) in [4.78, 5) is 26.7. The second-order valence-corrected chi connectivity index (χ2v) is 6.91. The quantitative estimate of drug-likeness (QED) is 0.410. The first-order valence-corrected chi connectivity index (χ1v) is 9.27. The van der Waals surface area contributed by atoms with E-state index >= 15 is 0 Å². The molecule has 1 saturated heterocycles. The van der Waals surface area contributed by atoms with Gasteiger partial charge in [0.05, 0.1) is 5.69 Å². The molecule has 144 valence electrons. The molecule has 0 spiro atoms. The lowest BCUT2D eigenvalue weighted by Gasteiger charge is -2.29. The average molecular weight is 405 g/mol. The van der Waals surface area contributed by atoms with Crippen LogP contribution in [-0.2, 0) is 9.59 Å². The number of carbonyl (C=O) groups excluding carboxylic acids is 2. The standard InChI is InChI=1S/C22H16FN3O2S/c1-14-6-2-3-10-19(14)25-11-5-9-16(25)13-18-20(27)24-22(29)26(21(18)28)17-8-4-7-15(23)12-17/h2-13H,1H3,(H,24,27,29)/b18-13+. The van der Waals surface area contributed by atoms with Gasteiger partial charge in [-0.05, 0) is 67.2 Å². The van der Waals surface area contributed by atoms with Crippen molar-refractivity contribution in [3.05, 3.63) is 89.5 Å². The molecule has 7 heteroatoms. The number of carbonyl (C=O) groups is 2. The summed E-state index contributed by atoms with van der Waals surface area (Å²) in [5, 5.41) is 2.42. The van der Waals surface area contributed by atoms with Crippen LogP contribution in [0.4, 0.5) is 10.1 Å². The maximum atomic E-state index is 13.6. The zero-order valence-corrected chi connectivity index (χ0v) is 16.2. The predicted octanol–water partition coefficient (Wildman–Crippen LogP) is 3.76. The molecule has 0 radical (unpaired) electrons. The van der Waals surface area contributed by atoms with Crippen LogP contribution in [0.3, 0.4) is 0 Å². The fraction of sp³-hybridized carbons (Fsp3) is 0.0455. The molecule has 2 amide bonds. The molecule has 29 heavy (non-hydrogen) atoms. The van der Waals surface area contributed by atoms with E-state index < -0.39 is 17.6 Å². The van der Waals surface area contributed by atoms with Crippen LogP contribution in [0.25, 0.3) is 11.8 Å². The van der Waals surface area contributed by atoms with Crippen LogP contribution in [0.1, 0.15) is 11.3 Å². The second kappa shape index (κ2) is 7.44. The smallest absolute Gasteiger partial charge is 0.270 e. The average Bonchev–Trinajstić information content (AvgIpc) is 3.13. The highest BCUT2D eigenvalue weighted by molar-refractivity contribution is 7.80. The summed E-state index contributed by atoms with van der Waals surface area (Å²) in [5.41, 5.74) is 2.80. The Labute approximate surface area is 172 Å². The molecule has 0 bridgehead atoms. The highest BCUT2D eigenvalue weighted by Gasteiger charge is 2.34. The number of benzene rings is 2.